The summed E-state index contributed by atoms with van der Waals surface area (Å²) in [7, 11) is 1.24. The van der Waals surface area contributed by atoms with E-state index in [1.807, 2.05) is 0 Å². The Morgan fingerprint density at radius 1 is 0.818 bits per heavy atom. The monoisotopic (exact) mass is 628 g/mol. The molecule has 0 fully saturated rings. The van der Waals surface area contributed by atoms with E-state index in [0.29, 0.717) is 12.4 Å². The van der Waals surface area contributed by atoms with Crippen LogP contribution in [-0.2, 0) is 27.3 Å². The number of aromatic nitrogens is 6. The molecular weight excluding hydrogens is 584 g/mol. The summed E-state index contributed by atoms with van der Waals surface area (Å²) in [6.07, 6.45) is 0.311. The average Bonchev–Trinajstić information content (AvgIpc) is 3.53. The van der Waals surface area contributed by atoms with Crippen molar-refractivity contribution in [2.45, 2.75) is 72.8 Å². The fourth-order valence-electron chi connectivity index (χ4n) is 3.23. The number of nitrogens with zero attached hydrogens (tertiary/aromatic N) is 8. The summed E-state index contributed by atoms with van der Waals surface area (Å²) in [5.74, 6) is -1.73. The second kappa shape index (κ2) is 17.1. The summed E-state index contributed by atoms with van der Waals surface area (Å²) in [5.41, 5.74) is -1.25. The van der Waals surface area contributed by atoms with Gasteiger partial charge >= 0.3 is 24.1 Å². The number of methoxy groups -OCH3 is 1. The van der Waals surface area contributed by atoms with Crippen molar-refractivity contribution in [3.63, 3.8) is 0 Å². The fourth-order valence-corrected chi connectivity index (χ4v) is 3.23. The lowest BCUT2D eigenvalue weighted by molar-refractivity contribution is 0.0201. The summed E-state index contributed by atoms with van der Waals surface area (Å²) in [5, 5.41) is 34.7. The molecule has 0 saturated carbocycles. The van der Waals surface area contributed by atoms with Gasteiger partial charge in [0.15, 0.2) is 0 Å². The highest BCUT2D eigenvalue weighted by Gasteiger charge is 2.23. The largest absolute Gasteiger partial charge is 0.475 e. The third-order valence-electron chi connectivity index (χ3n) is 5.18. The highest BCUT2D eigenvalue weighted by Crippen LogP contribution is 2.11. The van der Waals surface area contributed by atoms with Gasteiger partial charge < -0.3 is 39.3 Å². The molecule has 0 spiro atoms. The maximum atomic E-state index is 12.0. The van der Waals surface area contributed by atoms with Crippen molar-refractivity contribution in [3.05, 3.63) is 23.8 Å². The number of aryl methyl sites for hydroxylation is 1. The predicted octanol–water partition coefficient (Wildman–Crippen LogP) is 0.808. The number of carboxylic acids is 1. The Bertz CT molecular complexity index is 1230. The summed E-state index contributed by atoms with van der Waals surface area (Å²) >= 11 is 0. The topological polar surface area (TPSA) is 225 Å². The van der Waals surface area contributed by atoms with Crippen molar-refractivity contribution in [3.8, 4) is 0 Å². The van der Waals surface area contributed by atoms with Crippen LogP contribution in [0, 0.1) is 6.92 Å². The van der Waals surface area contributed by atoms with Crippen LogP contribution >= 0.6 is 0 Å². The summed E-state index contributed by atoms with van der Waals surface area (Å²) in [6, 6.07) is 0. The maximum Gasteiger partial charge on any atom is 0.410 e. The van der Waals surface area contributed by atoms with Gasteiger partial charge in [-0.1, -0.05) is 0 Å². The van der Waals surface area contributed by atoms with Crippen LogP contribution in [0.3, 0.4) is 0 Å². The Kier molecular flexibility index (Phi) is 14.6. The van der Waals surface area contributed by atoms with Gasteiger partial charge in [0.05, 0.1) is 33.4 Å². The zero-order chi connectivity index (χ0) is 33.7. The molecule has 0 aliphatic carbocycles. The molecule has 3 N–H and O–H groups in total. The van der Waals surface area contributed by atoms with Gasteiger partial charge in [-0.05, 0) is 48.5 Å². The number of rotatable bonds is 12. The second-order valence-electron chi connectivity index (χ2n) is 11.2. The lowest BCUT2D eigenvalue weighted by Crippen LogP contribution is -2.40. The third kappa shape index (κ3) is 13.8. The number of esters is 1. The van der Waals surface area contributed by atoms with Gasteiger partial charge in [0.25, 0.3) is 11.6 Å². The zero-order valence-corrected chi connectivity index (χ0v) is 26.5. The van der Waals surface area contributed by atoms with Gasteiger partial charge in [-0.25, -0.2) is 33.8 Å². The van der Waals surface area contributed by atoms with E-state index in [9.17, 15) is 19.2 Å². The quantitative estimate of drug-likeness (QED) is 0.218. The normalized spacial score (nSPS) is 11.2. The van der Waals surface area contributed by atoms with Crippen molar-refractivity contribution in [2.75, 3.05) is 46.5 Å². The van der Waals surface area contributed by atoms with E-state index in [-0.39, 0.29) is 57.6 Å². The molecule has 248 valence electrons. The number of hydrogen-bond acceptors (Lipinski definition) is 13. The summed E-state index contributed by atoms with van der Waals surface area (Å²) in [4.78, 5) is 56.4. The number of carboxylic acid groups (broad SMARTS) is 1. The molecule has 2 rings (SSSR count). The van der Waals surface area contributed by atoms with Gasteiger partial charge in [-0.2, -0.15) is 0 Å². The van der Waals surface area contributed by atoms with Crippen molar-refractivity contribution in [2.24, 2.45) is 0 Å². The summed E-state index contributed by atoms with van der Waals surface area (Å²) < 4.78 is 17.8. The van der Waals surface area contributed by atoms with Gasteiger partial charge in [0, 0.05) is 26.2 Å². The molecule has 0 aliphatic rings. The number of amides is 2. The Hall–Kier alpha value is -4.32. The van der Waals surface area contributed by atoms with Crippen molar-refractivity contribution >= 4 is 24.1 Å². The number of carbonyl (C=O) groups excluding carboxylic acids is 3. The molecule has 0 aromatic carbocycles. The first kappa shape index (κ1) is 37.7. The van der Waals surface area contributed by atoms with Crippen molar-refractivity contribution in [1.29, 1.82) is 0 Å². The van der Waals surface area contributed by atoms with Crippen LogP contribution in [0.15, 0.2) is 6.33 Å². The standard InChI is InChI=1S/2C13H22N4O5/c1-13(2,3)22-12(20)16(7-8-18)5-6-17-9-14-10(15-17)11(19)21-4;1-9-14-10(11(19)20)15-17(9)6-5-16(7-8-18)12(21)22-13(2,3)4/h9,18H,5-8H2,1-4H3;18H,5-8H2,1-4H3,(H,19,20). The summed E-state index contributed by atoms with van der Waals surface area (Å²) in [6.45, 7) is 13.1. The van der Waals surface area contributed by atoms with E-state index in [2.05, 4.69) is 24.9 Å². The minimum absolute atomic E-state index is 0.0477. The molecule has 2 aromatic rings. The maximum absolute atomic E-state index is 12.0. The van der Waals surface area contributed by atoms with Gasteiger partial charge in [0.1, 0.15) is 23.4 Å². The number of ether oxygens (including phenoxy) is 3. The predicted molar refractivity (Wildman–Crippen MR) is 153 cm³/mol. The van der Waals surface area contributed by atoms with Gasteiger partial charge in [-0.3, -0.25) is 4.68 Å². The Morgan fingerprint density at radius 3 is 1.73 bits per heavy atom. The molecule has 2 heterocycles. The molecule has 0 radical (unpaired) electrons. The smallest absolute Gasteiger partial charge is 0.410 e. The van der Waals surface area contributed by atoms with Crippen LogP contribution < -0.4 is 0 Å². The van der Waals surface area contributed by atoms with E-state index >= 15 is 0 Å². The molecule has 44 heavy (non-hydrogen) atoms. The van der Waals surface area contributed by atoms with Crippen LogP contribution in [-0.4, -0.2) is 136 Å². The van der Waals surface area contributed by atoms with E-state index in [1.54, 1.807) is 48.5 Å². The SMILES string of the molecule is COC(=O)c1ncn(CCN(CCO)C(=O)OC(C)(C)C)n1.Cc1nc(C(=O)O)nn1CCN(CCO)C(=O)OC(C)(C)C. The number of carbonyl (C=O) groups is 4. The van der Waals surface area contributed by atoms with Crippen LogP contribution in [0.5, 0.6) is 0 Å². The van der Waals surface area contributed by atoms with E-state index in [1.165, 1.54) is 32.6 Å². The first-order valence-corrected chi connectivity index (χ1v) is 13.7. The molecule has 0 atom stereocenters. The molecule has 2 aromatic heterocycles. The second-order valence-corrected chi connectivity index (χ2v) is 11.2. The Balaban J connectivity index is 0.000000440. The number of aromatic carboxylic acids is 1. The lowest BCUT2D eigenvalue weighted by atomic mass is 10.2. The molecule has 0 aliphatic heterocycles. The van der Waals surface area contributed by atoms with Crippen molar-refractivity contribution in [1.82, 2.24) is 39.3 Å². The van der Waals surface area contributed by atoms with Gasteiger partial charge in [-0.15, -0.1) is 10.2 Å². The molecular formula is C26H44N8O10. The molecule has 0 saturated heterocycles. The van der Waals surface area contributed by atoms with Crippen molar-refractivity contribution < 1.29 is 48.7 Å². The van der Waals surface area contributed by atoms with Crippen LogP contribution in [0.1, 0.15) is 68.6 Å². The van der Waals surface area contributed by atoms with Crippen LogP contribution in [0.4, 0.5) is 9.59 Å². The lowest BCUT2D eigenvalue weighted by Gasteiger charge is -2.27. The minimum atomic E-state index is -1.21. The average molecular weight is 629 g/mol. The first-order chi connectivity index (χ1) is 20.4. The molecule has 2 amide bonds. The van der Waals surface area contributed by atoms with E-state index in [0.717, 1.165) is 0 Å². The Labute approximate surface area is 255 Å². The van der Waals surface area contributed by atoms with Gasteiger partial charge in [0.2, 0.25) is 0 Å². The molecule has 0 bridgehead atoms. The first-order valence-electron chi connectivity index (χ1n) is 13.7. The van der Waals surface area contributed by atoms with E-state index in [4.69, 9.17) is 24.8 Å². The van der Waals surface area contributed by atoms with E-state index < -0.39 is 35.3 Å². The fraction of sp³-hybridized carbons (Fsp3) is 0.692. The third-order valence-corrected chi connectivity index (χ3v) is 5.18. The van der Waals surface area contributed by atoms with Crippen LogP contribution in [0.25, 0.3) is 0 Å². The highest BCUT2D eigenvalue weighted by atomic mass is 16.6. The minimum Gasteiger partial charge on any atom is -0.475 e. The Morgan fingerprint density at radius 2 is 1.32 bits per heavy atom. The molecule has 18 nitrogen and oxygen atoms in total. The molecule has 0 unspecified atom stereocenters. The number of aliphatic hydroxyl groups excluding tert-OH is 2. The van der Waals surface area contributed by atoms with Crippen LogP contribution in [0.2, 0.25) is 0 Å². The number of aliphatic hydroxyl groups is 2. The highest BCUT2D eigenvalue weighted by molar-refractivity contribution is 5.84. The zero-order valence-electron chi connectivity index (χ0n) is 26.5. The molecule has 18 heteroatoms. The number of hydrogen-bond donors (Lipinski definition) is 3.